The van der Waals surface area contributed by atoms with Gasteiger partial charge in [-0.3, -0.25) is 0 Å². The molecule has 0 unspecified atom stereocenters. The number of piperidine rings is 1. The summed E-state index contributed by atoms with van der Waals surface area (Å²) < 4.78 is 51.6. The number of nitrogens with one attached hydrogen (secondary N) is 1. The van der Waals surface area contributed by atoms with Crippen LogP contribution in [0.5, 0.6) is 5.88 Å². The SMILES string of the molecule is CC(C)c1nc2c(c(OC3CCN(C(=O)Nc4ccccc4C(F)(F)F)CC3)n1)CCOCC2. The zero-order valence-electron chi connectivity index (χ0n) is 19.3. The zero-order chi connectivity index (χ0) is 24.3. The molecule has 10 heteroatoms. The second-order valence-electron chi connectivity index (χ2n) is 8.86. The van der Waals surface area contributed by atoms with Gasteiger partial charge in [-0.25, -0.2) is 9.78 Å². The first-order valence-corrected chi connectivity index (χ1v) is 11.6. The minimum atomic E-state index is -4.54. The van der Waals surface area contributed by atoms with Crippen LogP contribution in [-0.4, -0.2) is 53.3 Å². The first-order chi connectivity index (χ1) is 16.2. The van der Waals surface area contributed by atoms with Crippen LogP contribution in [0.1, 0.15) is 55.3 Å². The highest BCUT2D eigenvalue weighted by atomic mass is 19.4. The van der Waals surface area contributed by atoms with Crippen LogP contribution in [0.2, 0.25) is 0 Å². The molecule has 1 aromatic heterocycles. The van der Waals surface area contributed by atoms with E-state index in [4.69, 9.17) is 14.5 Å². The second kappa shape index (κ2) is 10.2. The van der Waals surface area contributed by atoms with E-state index in [0.29, 0.717) is 57.9 Å². The Morgan fingerprint density at radius 1 is 1.15 bits per heavy atom. The van der Waals surface area contributed by atoms with Crippen molar-refractivity contribution in [1.82, 2.24) is 14.9 Å². The number of para-hydroxylation sites is 1. The summed E-state index contributed by atoms with van der Waals surface area (Å²) in [6, 6.07) is 4.42. The molecule has 1 saturated heterocycles. The minimum absolute atomic E-state index is 0.144. The Hall–Kier alpha value is -2.88. The van der Waals surface area contributed by atoms with Gasteiger partial charge in [-0.05, 0) is 12.1 Å². The van der Waals surface area contributed by atoms with E-state index >= 15 is 0 Å². The Labute approximate surface area is 196 Å². The van der Waals surface area contributed by atoms with Gasteiger partial charge in [-0.15, -0.1) is 0 Å². The number of anilines is 1. The molecule has 1 N–H and O–H groups in total. The van der Waals surface area contributed by atoms with Gasteiger partial charge in [0.2, 0.25) is 5.88 Å². The molecule has 0 spiro atoms. The van der Waals surface area contributed by atoms with Crippen LogP contribution >= 0.6 is 0 Å². The number of halogens is 3. The van der Waals surface area contributed by atoms with Crippen LogP contribution in [0, 0.1) is 0 Å². The lowest BCUT2D eigenvalue weighted by molar-refractivity contribution is -0.136. The van der Waals surface area contributed by atoms with Crippen LogP contribution in [0.3, 0.4) is 0 Å². The van der Waals surface area contributed by atoms with Gasteiger partial charge in [0.25, 0.3) is 0 Å². The maximum Gasteiger partial charge on any atom is 0.418 e. The number of benzene rings is 1. The molecule has 3 heterocycles. The van der Waals surface area contributed by atoms with Gasteiger partial charge in [0, 0.05) is 50.3 Å². The maximum atomic E-state index is 13.2. The minimum Gasteiger partial charge on any atom is -0.474 e. The Morgan fingerprint density at radius 3 is 2.56 bits per heavy atom. The molecule has 2 aromatic rings. The topological polar surface area (TPSA) is 76.6 Å². The Morgan fingerprint density at radius 2 is 1.85 bits per heavy atom. The Balaban J connectivity index is 1.40. The number of nitrogens with zero attached hydrogens (tertiary/aromatic N) is 3. The van der Waals surface area contributed by atoms with Crippen molar-refractivity contribution in [3.63, 3.8) is 0 Å². The lowest BCUT2D eigenvalue weighted by Gasteiger charge is -2.32. The molecule has 34 heavy (non-hydrogen) atoms. The fourth-order valence-corrected chi connectivity index (χ4v) is 4.15. The van der Waals surface area contributed by atoms with Crippen molar-refractivity contribution < 1.29 is 27.4 Å². The number of amides is 2. The number of alkyl halides is 3. The summed E-state index contributed by atoms with van der Waals surface area (Å²) in [5, 5.41) is 2.41. The van der Waals surface area contributed by atoms with Crippen LogP contribution in [-0.2, 0) is 23.8 Å². The van der Waals surface area contributed by atoms with Crippen molar-refractivity contribution in [1.29, 1.82) is 0 Å². The number of hydrogen-bond donors (Lipinski definition) is 1. The summed E-state index contributed by atoms with van der Waals surface area (Å²) in [6.07, 6.45) is -2.18. The van der Waals surface area contributed by atoms with Gasteiger partial charge in [-0.2, -0.15) is 18.2 Å². The first-order valence-electron chi connectivity index (χ1n) is 11.6. The number of hydrogen-bond acceptors (Lipinski definition) is 5. The molecule has 4 rings (SSSR count). The first kappa shape index (κ1) is 24.3. The Kier molecular flexibility index (Phi) is 7.25. The normalized spacial score (nSPS) is 17.3. The van der Waals surface area contributed by atoms with Crippen LogP contribution in [0.15, 0.2) is 24.3 Å². The summed E-state index contributed by atoms with van der Waals surface area (Å²) >= 11 is 0. The van der Waals surface area contributed by atoms with E-state index in [-0.39, 0.29) is 17.7 Å². The van der Waals surface area contributed by atoms with E-state index in [1.165, 1.54) is 23.1 Å². The van der Waals surface area contributed by atoms with Crippen molar-refractivity contribution >= 4 is 11.7 Å². The van der Waals surface area contributed by atoms with Crippen LogP contribution in [0.25, 0.3) is 0 Å². The quantitative estimate of drug-likeness (QED) is 0.683. The number of carbonyl (C=O) groups is 1. The average Bonchev–Trinajstić information content (AvgIpc) is 3.05. The van der Waals surface area contributed by atoms with E-state index in [2.05, 4.69) is 10.3 Å². The van der Waals surface area contributed by atoms with E-state index in [9.17, 15) is 18.0 Å². The molecule has 2 aliphatic heterocycles. The third kappa shape index (κ3) is 5.60. The molecular formula is C24H29F3N4O3. The molecular weight excluding hydrogens is 449 g/mol. The smallest absolute Gasteiger partial charge is 0.418 e. The maximum absolute atomic E-state index is 13.2. The number of urea groups is 1. The summed E-state index contributed by atoms with van der Waals surface area (Å²) in [5.74, 6) is 1.47. The number of ether oxygens (including phenoxy) is 2. The largest absolute Gasteiger partial charge is 0.474 e. The van der Waals surface area contributed by atoms with Crippen molar-refractivity contribution in [3.05, 3.63) is 46.9 Å². The number of likely N-dealkylation sites (tertiary alicyclic amines) is 1. The standard InChI is InChI=1S/C24H29F3N4O3/c1-15(2)21-28-19-10-14-33-13-9-17(19)22(30-21)34-16-7-11-31(12-8-16)23(32)29-20-6-4-3-5-18(20)24(25,26)27/h3-6,15-16H,7-14H2,1-2H3,(H,29,32). The van der Waals surface area contributed by atoms with Crippen LogP contribution in [0.4, 0.5) is 23.7 Å². The molecule has 0 bridgehead atoms. The van der Waals surface area contributed by atoms with E-state index < -0.39 is 17.8 Å². The summed E-state index contributed by atoms with van der Waals surface area (Å²) in [7, 11) is 0. The van der Waals surface area contributed by atoms with Gasteiger partial charge in [0.1, 0.15) is 11.9 Å². The molecule has 0 aliphatic carbocycles. The summed E-state index contributed by atoms with van der Waals surface area (Å²) in [4.78, 5) is 23.5. The van der Waals surface area contributed by atoms with Crippen molar-refractivity contribution in [2.75, 3.05) is 31.6 Å². The van der Waals surface area contributed by atoms with E-state index in [1.807, 2.05) is 13.8 Å². The van der Waals surface area contributed by atoms with Crippen molar-refractivity contribution in [2.45, 2.75) is 57.7 Å². The summed E-state index contributed by atoms with van der Waals surface area (Å²) in [6.45, 7) is 6.02. The molecule has 2 aliphatic rings. The van der Waals surface area contributed by atoms with Gasteiger partial charge < -0.3 is 19.7 Å². The molecule has 0 radical (unpaired) electrons. The highest BCUT2D eigenvalue weighted by molar-refractivity contribution is 5.90. The molecule has 1 fully saturated rings. The highest BCUT2D eigenvalue weighted by Gasteiger charge is 2.34. The molecule has 184 valence electrons. The predicted molar refractivity (Wildman–Crippen MR) is 120 cm³/mol. The number of fused-ring (bicyclic) bond motifs is 1. The van der Waals surface area contributed by atoms with E-state index in [0.717, 1.165) is 23.1 Å². The van der Waals surface area contributed by atoms with Crippen molar-refractivity contribution in [2.24, 2.45) is 0 Å². The van der Waals surface area contributed by atoms with Gasteiger partial charge >= 0.3 is 12.2 Å². The third-order valence-electron chi connectivity index (χ3n) is 6.05. The molecule has 0 saturated carbocycles. The number of carbonyl (C=O) groups excluding carboxylic acids is 1. The molecule has 0 atom stereocenters. The Bertz CT molecular complexity index is 1020. The fourth-order valence-electron chi connectivity index (χ4n) is 4.15. The lowest BCUT2D eigenvalue weighted by Crippen LogP contribution is -2.44. The number of aromatic nitrogens is 2. The predicted octanol–water partition coefficient (Wildman–Crippen LogP) is 4.81. The molecule has 2 amide bonds. The van der Waals surface area contributed by atoms with E-state index in [1.54, 1.807) is 0 Å². The third-order valence-corrected chi connectivity index (χ3v) is 6.05. The number of rotatable bonds is 4. The average molecular weight is 479 g/mol. The zero-order valence-corrected chi connectivity index (χ0v) is 19.3. The van der Waals surface area contributed by atoms with Crippen LogP contribution < -0.4 is 10.1 Å². The summed E-state index contributed by atoms with van der Waals surface area (Å²) in [5.41, 5.74) is 0.832. The van der Waals surface area contributed by atoms with Gasteiger partial charge in [0.15, 0.2) is 0 Å². The second-order valence-corrected chi connectivity index (χ2v) is 8.86. The molecule has 7 nitrogen and oxygen atoms in total. The molecule has 1 aromatic carbocycles. The highest BCUT2D eigenvalue weighted by Crippen LogP contribution is 2.35. The fraction of sp³-hybridized carbons (Fsp3) is 0.542. The van der Waals surface area contributed by atoms with Gasteiger partial charge in [0.05, 0.1) is 30.2 Å². The lowest BCUT2D eigenvalue weighted by atomic mass is 10.1. The van der Waals surface area contributed by atoms with Gasteiger partial charge in [-0.1, -0.05) is 26.0 Å². The van der Waals surface area contributed by atoms with Crippen molar-refractivity contribution in [3.8, 4) is 5.88 Å². The monoisotopic (exact) mass is 478 g/mol.